The molecule has 2 saturated carbocycles. The van der Waals surface area contributed by atoms with Gasteiger partial charge in [-0.15, -0.1) is 0 Å². The number of rotatable bonds is 0. The number of fused-ring (bicyclic) bond motifs is 1. The van der Waals surface area contributed by atoms with Gasteiger partial charge in [0.1, 0.15) is 0 Å². The Morgan fingerprint density at radius 1 is 1.00 bits per heavy atom. The summed E-state index contributed by atoms with van der Waals surface area (Å²) in [5, 5.41) is 9.11. The second-order valence-corrected chi connectivity index (χ2v) is 3.22. The van der Waals surface area contributed by atoms with Gasteiger partial charge in [-0.2, -0.15) is 0 Å². The third-order valence-corrected chi connectivity index (χ3v) is 2.51. The van der Waals surface area contributed by atoms with Crippen molar-refractivity contribution in [1.82, 2.24) is 0 Å². The lowest BCUT2D eigenvalue weighted by atomic mass is 9.98. The summed E-state index contributed by atoms with van der Waals surface area (Å²) in [5.74, 6) is 1.96. The molecular weight excluding hydrogens is 100 g/mol. The van der Waals surface area contributed by atoms with E-state index < -0.39 is 0 Å². The van der Waals surface area contributed by atoms with E-state index in [0.29, 0.717) is 0 Å². The predicted molar refractivity (Wildman–Crippen MR) is 31.5 cm³/mol. The van der Waals surface area contributed by atoms with Crippen molar-refractivity contribution >= 4 is 0 Å². The summed E-state index contributed by atoms with van der Waals surface area (Å²) in [6, 6.07) is 0. The van der Waals surface area contributed by atoms with Crippen LogP contribution in [0.15, 0.2) is 0 Å². The van der Waals surface area contributed by atoms with Crippen LogP contribution in [0.5, 0.6) is 0 Å². The Kier molecular flexibility index (Phi) is 0.884. The highest BCUT2D eigenvalue weighted by atomic mass is 16.3. The van der Waals surface area contributed by atoms with Gasteiger partial charge in [-0.3, -0.25) is 0 Å². The van der Waals surface area contributed by atoms with Crippen molar-refractivity contribution in [3.63, 3.8) is 0 Å². The fourth-order valence-corrected chi connectivity index (χ4v) is 1.83. The first kappa shape index (κ1) is 4.80. The molecule has 8 heavy (non-hydrogen) atoms. The Hall–Kier alpha value is -0.0400. The van der Waals surface area contributed by atoms with Crippen molar-refractivity contribution in [1.29, 1.82) is 0 Å². The maximum Gasteiger partial charge on any atom is 0.0543 e. The Bertz CT molecular complexity index is 101. The lowest BCUT2D eigenvalue weighted by Gasteiger charge is -2.14. The molecule has 0 aromatic heterocycles. The van der Waals surface area contributed by atoms with Gasteiger partial charge in [0.25, 0.3) is 0 Å². The molecule has 0 spiro atoms. The topological polar surface area (TPSA) is 20.2 Å². The van der Waals surface area contributed by atoms with Crippen LogP contribution in [0.4, 0.5) is 0 Å². The molecule has 2 aliphatic rings. The van der Waals surface area contributed by atoms with Gasteiger partial charge in [-0.05, 0) is 37.5 Å². The molecule has 1 heteroatoms. The first-order chi connectivity index (χ1) is 3.86. The lowest BCUT2D eigenvalue weighted by molar-refractivity contribution is 0.125. The quantitative estimate of drug-likeness (QED) is 0.498. The van der Waals surface area contributed by atoms with Crippen LogP contribution in [0.3, 0.4) is 0 Å². The van der Waals surface area contributed by atoms with Gasteiger partial charge >= 0.3 is 0 Å². The van der Waals surface area contributed by atoms with Crippen molar-refractivity contribution < 1.29 is 5.11 Å². The Balaban J connectivity index is 1.93. The number of aliphatic hydroxyl groups excluding tert-OH is 1. The van der Waals surface area contributed by atoms with E-state index >= 15 is 0 Å². The fraction of sp³-hybridized carbons (Fsp3) is 1.00. The molecule has 2 rings (SSSR count). The van der Waals surface area contributed by atoms with Gasteiger partial charge in [0.15, 0.2) is 0 Å². The van der Waals surface area contributed by atoms with Crippen LogP contribution < -0.4 is 0 Å². The van der Waals surface area contributed by atoms with E-state index in [-0.39, 0.29) is 6.10 Å². The SMILES string of the molecule is OC1CCC2CC2C1. The largest absolute Gasteiger partial charge is 0.393 e. The zero-order valence-corrected chi connectivity index (χ0v) is 5.01. The average molecular weight is 112 g/mol. The number of aliphatic hydroxyl groups is 1. The molecule has 1 nitrogen and oxygen atoms in total. The number of hydrogen-bond acceptors (Lipinski definition) is 1. The molecular formula is C7H12O. The molecule has 0 amide bonds. The standard InChI is InChI=1S/C7H12O/c8-7-2-1-5-3-6(5)4-7/h5-8H,1-4H2. The average Bonchev–Trinajstić information content (AvgIpc) is 2.43. The summed E-state index contributed by atoms with van der Waals surface area (Å²) in [5.41, 5.74) is 0. The van der Waals surface area contributed by atoms with Gasteiger partial charge < -0.3 is 5.11 Å². The molecule has 46 valence electrons. The van der Waals surface area contributed by atoms with E-state index in [4.69, 9.17) is 5.11 Å². The lowest BCUT2D eigenvalue weighted by Crippen LogP contribution is -2.12. The third-order valence-electron chi connectivity index (χ3n) is 2.51. The van der Waals surface area contributed by atoms with Crippen LogP contribution in [0.1, 0.15) is 25.7 Å². The third kappa shape index (κ3) is 0.655. The van der Waals surface area contributed by atoms with Crippen molar-refractivity contribution in [2.45, 2.75) is 31.8 Å². The Labute approximate surface area is 49.7 Å². The number of hydrogen-bond donors (Lipinski definition) is 1. The monoisotopic (exact) mass is 112 g/mol. The Morgan fingerprint density at radius 3 is 2.50 bits per heavy atom. The molecule has 0 aromatic rings. The second kappa shape index (κ2) is 1.47. The molecule has 3 atom stereocenters. The minimum atomic E-state index is 0.0544. The Morgan fingerprint density at radius 2 is 1.88 bits per heavy atom. The molecule has 0 saturated heterocycles. The van der Waals surface area contributed by atoms with Crippen LogP contribution in [0.25, 0.3) is 0 Å². The fourth-order valence-electron chi connectivity index (χ4n) is 1.83. The van der Waals surface area contributed by atoms with E-state index in [1.807, 2.05) is 0 Å². The molecule has 0 radical (unpaired) electrons. The summed E-state index contributed by atoms with van der Waals surface area (Å²) in [6.07, 6.45) is 4.94. The highest BCUT2D eigenvalue weighted by Gasteiger charge is 2.41. The second-order valence-electron chi connectivity index (χ2n) is 3.22. The van der Waals surface area contributed by atoms with E-state index in [1.165, 1.54) is 12.8 Å². The smallest absolute Gasteiger partial charge is 0.0543 e. The van der Waals surface area contributed by atoms with Crippen molar-refractivity contribution in [2.24, 2.45) is 11.8 Å². The maximum absolute atomic E-state index is 9.11. The molecule has 1 N–H and O–H groups in total. The summed E-state index contributed by atoms with van der Waals surface area (Å²) in [6.45, 7) is 0. The highest BCUT2D eigenvalue weighted by Crippen LogP contribution is 2.49. The van der Waals surface area contributed by atoms with Gasteiger partial charge in [0.05, 0.1) is 6.10 Å². The predicted octanol–water partition coefficient (Wildman–Crippen LogP) is 1.17. The van der Waals surface area contributed by atoms with Gasteiger partial charge in [0, 0.05) is 0 Å². The molecule has 3 unspecified atom stereocenters. The first-order valence-corrected chi connectivity index (χ1v) is 3.54. The zero-order chi connectivity index (χ0) is 5.56. The molecule has 0 bridgehead atoms. The minimum absolute atomic E-state index is 0.0544. The van der Waals surface area contributed by atoms with E-state index in [9.17, 15) is 0 Å². The summed E-state index contributed by atoms with van der Waals surface area (Å²) in [4.78, 5) is 0. The van der Waals surface area contributed by atoms with Gasteiger partial charge in [-0.25, -0.2) is 0 Å². The van der Waals surface area contributed by atoms with Crippen LogP contribution in [0, 0.1) is 11.8 Å². The van der Waals surface area contributed by atoms with E-state index in [2.05, 4.69) is 0 Å². The molecule has 0 aliphatic heterocycles. The maximum atomic E-state index is 9.11. The summed E-state index contributed by atoms with van der Waals surface area (Å²) in [7, 11) is 0. The van der Waals surface area contributed by atoms with Gasteiger partial charge in [-0.1, -0.05) is 0 Å². The normalized spacial score (nSPS) is 52.9. The summed E-state index contributed by atoms with van der Waals surface area (Å²) >= 11 is 0. The molecule has 2 fully saturated rings. The van der Waals surface area contributed by atoms with Crippen LogP contribution in [-0.2, 0) is 0 Å². The van der Waals surface area contributed by atoms with Crippen molar-refractivity contribution in [3.05, 3.63) is 0 Å². The van der Waals surface area contributed by atoms with Crippen LogP contribution >= 0.6 is 0 Å². The first-order valence-electron chi connectivity index (χ1n) is 3.54. The van der Waals surface area contributed by atoms with Gasteiger partial charge in [0.2, 0.25) is 0 Å². The minimum Gasteiger partial charge on any atom is -0.393 e. The van der Waals surface area contributed by atoms with Crippen molar-refractivity contribution in [3.8, 4) is 0 Å². The molecule has 2 aliphatic carbocycles. The van der Waals surface area contributed by atoms with E-state index in [0.717, 1.165) is 24.7 Å². The summed E-state index contributed by atoms with van der Waals surface area (Å²) < 4.78 is 0. The van der Waals surface area contributed by atoms with Crippen LogP contribution in [-0.4, -0.2) is 11.2 Å². The molecule has 0 heterocycles. The van der Waals surface area contributed by atoms with E-state index in [1.54, 1.807) is 0 Å². The van der Waals surface area contributed by atoms with Crippen molar-refractivity contribution in [2.75, 3.05) is 0 Å². The van der Waals surface area contributed by atoms with Crippen LogP contribution in [0.2, 0.25) is 0 Å². The zero-order valence-electron chi connectivity index (χ0n) is 5.01. The highest BCUT2D eigenvalue weighted by molar-refractivity contribution is 4.92. The molecule has 0 aromatic carbocycles.